The van der Waals surface area contributed by atoms with Crippen molar-refractivity contribution in [3.8, 4) is 11.1 Å². The first-order valence-electron chi connectivity index (χ1n) is 11.5. The minimum atomic E-state index is -0.0251. The summed E-state index contributed by atoms with van der Waals surface area (Å²) < 4.78 is 7.66. The topological polar surface area (TPSA) is 83.7 Å². The fourth-order valence-electron chi connectivity index (χ4n) is 4.32. The van der Waals surface area contributed by atoms with E-state index in [1.54, 1.807) is 13.2 Å². The summed E-state index contributed by atoms with van der Waals surface area (Å²) in [6.45, 7) is 3.81. The van der Waals surface area contributed by atoms with Gasteiger partial charge in [-0.1, -0.05) is 48.5 Å². The molecule has 1 saturated heterocycles. The average molecular weight is 575 g/mol. The number of nitrogens with one attached hydrogen (secondary N) is 2. The molecular weight excluding hydrogens is 541 g/mol. The summed E-state index contributed by atoms with van der Waals surface area (Å²) >= 11 is 0. The van der Waals surface area contributed by atoms with Gasteiger partial charge < -0.3 is 25.0 Å². The molecule has 34 heavy (non-hydrogen) atoms. The number of guanidine groups is 1. The van der Waals surface area contributed by atoms with Gasteiger partial charge in [-0.3, -0.25) is 4.99 Å². The van der Waals surface area contributed by atoms with Crippen LogP contribution in [0.3, 0.4) is 0 Å². The molecule has 1 atom stereocenters. The Morgan fingerprint density at radius 2 is 2.00 bits per heavy atom. The van der Waals surface area contributed by atoms with Gasteiger partial charge in [0.15, 0.2) is 5.96 Å². The number of rotatable bonds is 9. The maximum absolute atomic E-state index is 9.45. The number of nitrogens with zero attached hydrogens (tertiary/aromatic N) is 3. The zero-order valence-corrected chi connectivity index (χ0v) is 21.9. The van der Waals surface area contributed by atoms with E-state index in [9.17, 15) is 5.11 Å². The van der Waals surface area contributed by atoms with Crippen LogP contribution in [0.15, 0.2) is 72.2 Å². The van der Waals surface area contributed by atoms with Gasteiger partial charge in [-0.05, 0) is 35.1 Å². The van der Waals surface area contributed by atoms with E-state index in [0.29, 0.717) is 13.2 Å². The van der Waals surface area contributed by atoms with Gasteiger partial charge in [0.25, 0.3) is 0 Å². The normalized spacial score (nSPS) is 17.9. The lowest BCUT2D eigenvalue weighted by atomic mass is 9.84. The molecule has 1 unspecified atom stereocenters. The fourth-order valence-corrected chi connectivity index (χ4v) is 4.32. The highest BCUT2D eigenvalue weighted by atomic mass is 127. The van der Waals surface area contributed by atoms with Crippen LogP contribution in [0, 0.1) is 5.41 Å². The largest absolute Gasteiger partial charge is 0.396 e. The van der Waals surface area contributed by atoms with Crippen molar-refractivity contribution in [3.05, 3.63) is 78.4 Å². The highest BCUT2D eigenvalue weighted by molar-refractivity contribution is 14.0. The van der Waals surface area contributed by atoms with Crippen molar-refractivity contribution in [2.75, 3.05) is 33.4 Å². The zero-order chi connectivity index (χ0) is 22.9. The molecule has 0 aliphatic carbocycles. The molecule has 1 aliphatic heterocycles. The molecule has 182 valence electrons. The monoisotopic (exact) mass is 575 g/mol. The van der Waals surface area contributed by atoms with Crippen molar-refractivity contribution in [3.63, 3.8) is 0 Å². The summed E-state index contributed by atoms with van der Waals surface area (Å²) in [6.07, 6.45) is 7.30. The fraction of sp³-hybridized carbons (Fsp3) is 0.385. The number of aliphatic imine (C=N–C) groups is 1. The third-order valence-corrected chi connectivity index (χ3v) is 6.33. The van der Waals surface area contributed by atoms with Crippen LogP contribution >= 0.6 is 24.0 Å². The second-order valence-electron chi connectivity index (χ2n) is 8.64. The van der Waals surface area contributed by atoms with Crippen LogP contribution in [0.5, 0.6) is 0 Å². The molecule has 1 fully saturated rings. The molecule has 2 aromatic carbocycles. The Hall–Kier alpha value is -2.43. The number of halogens is 1. The van der Waals surface area contributed by atoms with Gasteiger partial charge in [-0.2, -0.15) is 0 Å². The van der Waals surface area contributed by atoms with E-state index in [4.69, 9.17) is 4.74 Å². The van der Waals surface area contributed by atoms with Crippen LogP contribution in [0.25, 0.3) is 11.1 Å². The summed E-state index contributed by atoms with van der Waals surface area (Å²) in [7, 11) is 1.78. The summed E-state index contributed by atoms with van der Waals surface area (Å²) in [5, 5.41) is 16.3. The molecule has 8 heteroatoms. The first-order chi connectivity index (χ1) is 16.2. The smallest absolute Gasteiger partial charge is 0.191 e. The van der Waals surface area contributed by atoms with Gasteiger partial charge in [0, 0.05) is 57.7 Å². The maximum Gasteiger partial charge on any atom is 0.191 e. The Labute approximate surface area is 218 Å². The van der Waals surface area contributed by atoms with E-state index in [-0.39, 0.29) is 36.0 Å². The third-order valence-electron chi connectivity index (χ3n) is 6.33. The average Bonchev–Trinajstić information content (AvgIpc) is 3.53. The summed E-state index contributed by atoms with van der Waals surface area (Å²) in [6, 6.07) is 17.1. The van der Waals surface area contributed by atoms with Crippen molar-refractivity contribution < 1.29 is 9.84 Å². The molecule has 2 heterocycles. The summed E-state index contributed by atoms with van der Waals surface area (Å²) in [5.74, 6) is 0.754. The number of ether oxygens (including phenoxy) is 1. The Kier molecular flexibility index (Phi) is 9.91. The number of benzene rings is 2. The van der Waals surface area contributed by atoms with E-state index >= 15 is 0 Å². The quantitative estimate of drug-likeness (QED) is 0.206. The molecule has 0 bridgehead atoms. The molecule has 3 N–H and O–H groups in total. The standard InChI is InChI=1S/C26H33N5O2.HI/c1-27-25(30-18-26(10-14-32)11-15-33-19-26)29-16-23-4-2-3-5-24(23)22-8-6-21(7-9-22)17-31-13-12-28-20-31;/h2-9,12-13,20,32H,10-11,14-19H2,1H3,(H2,27,29,30);1H. The van der Waals surface area contributed by atoms with Gasteiger partial charge in [-0.15, -0.1) is 24.0 Å². The van der Waals surface area contributed by atoms with Crippen molar-refractivity contribution >= 4 is 29.9 Å². The van der Waals surface area contributed by atoms with Crippen molar-refractivity contribution in [1.82, 2.24) is 20.2 Å². The maximum atomic E-state index is 9.45. The lowest BCUT2D eigenvalue weighted by molar-refractivity contribution is 0.127. The zero-order valence-electron chi connectivity index (χ0n) is 19.6. The number of hydrogen-bond donors (Lipinski definition) is 3. The first-order valence-corrected chi connectivity index (χ1v) is 11.5. The van der Waals surface area contributed by atoms with Crippen LogP contribution in [0.4, 0.5) is 0 Å². The number of aliphatic hydroxyl groups is 1. The van der Waals surface area contributed by atoms with Crippen molar-refractivity contribution in [2.24, 2.45) is 10.4 Å². The van der Waals surface area contributed by atoms with Crippen LogP contribution in [0.1, 0.15) is 24.0 Å². The second kappa shape index (κ2) is 12.9. The third kappa shape index (κ3) is 6.80. The minimum absolute atomic E-state index is 0. The van der Waals surface area contributed by atoms with Crippen molar-refractivity contribution in [2.45, 2.75) is 25.9 Å². The van der Waals surface area contributed by atoms with Crippen LogP contribution in [-0.2, 0) is 17.8 Å². The molecule has 0 radical (unpaired) electrons. The van der Waals surface area contributed by atoms with Gasteiger partial charge >= 0.3 is 0 Å². The van der Waals surface area contributed by atoms with Gasteiger partial charge in [0.2, 0.25) is 0 Å². The van der Waals surface area contributed by atoms with E-state index in [1.807, 2.05) is 12.5 Å². The molecule has 4 rings (SSSR count). The van der Waals surface area contributed by atoms with Gasteiger partial charge in [-0.25, -0.2) is 4.98 Å². The predicted molar refractivity (Wildman–Crippen MR) is 146 cm³/mol. The van der Waals surface area contributed by atoms with E-state index in [2.05, 4.69) is 73.7 Å². The number of imidazole rings is 1. The van der Waals surface area contributed by atoms with Crippen LogP contribution in [0.2, 0.25) is 0 Å². The molecule has 7 nitrogen and oxygen atoms in total. The lowest BCUT2D eigenvalue weighted by Gasteiger charge is -2.27. The van der Waals surface area contributed by atoms with Crippen LogP contribution in [-0.4, -0.2) is 54.0 Å². The predicted octanol–water partition coefficient (Wildman–Crippen LogP) is 3.67. The van der Waals surface area contributed by atoms with Gasteiger partial charge in [0.05, 0.1) is 12.9 Å². The molecule has 0 saturated carbocycles. The molecule has 3 aromatic rings. The highest BCUT2D eigenvalue weighted by Crippen LogP contribution is 2.31. The number of aliphatic hydroxyl groups excluding tert-OH is 1. The Morgan fingerprint density at radius 1 is 1.18 bits per heavy atom. The van der Waals surface area contributed by atoms with Crippen LogP contribution < -0.4 is 10.6 Å². The lowest BCUT2D eigenvalue weighted by Crippen LogP contribution is -2.44. The Balaban J connectivity index is 0.00000324. The highest BCUT2D eigenvalue weighted by Gasteiger charge is 2.34. The second-order valence-corrected chi connectivity index (χ2v) is 8.64. The molecule has 1 aromatic heterocycles. The minimum Gasteiger partial charge on any atom is -0.396 e. The summed E-state index contributed by atoms with van der Waals surface area (Å²) in [5.41, 5.74) is 4.81. The van der Waals surface area contributed by atoms with Gasteiger partial charge in [0.1, 0.15) is 0 Å². The molecule has 0 spiro atoms. The van der Waals surface area contributed by atoms with E-state index in [1.165, 1.54) is 22.3 Å². The number of aromatic nitrogens is 2. The molecule has 1 aliphatic rings. The Morgan fingerprint density at radius 3 is 2.68 bits per heavy atom. The summed E-state index contributed by atoms with van der Waals surface area (Å²) in [4.78, 5) is 8.50. The first kappa shape index (κ1) is 26.2. The number of hydrogen-bond acceptors (Lipinski definition) is 4. The Bertz CT molecular complexity index is 1030. The molecule has 0 amide bonds. The van der Waals surface area contributed by atoms with Crippen molar-refractivity contribution in [1.29, 1.82) is 0 Å². The molecular formula is C26H34IN5O2. The van der Waals surface area contributed by atoms with E-state index < -0.39 is 0 Å². The SMILES string of the molecule is CN=C(NCc1ccccc1-c1ccc(Cn2ccnc2)cc1)NCC1(CCO)CCOC1.I. The van der Waals surface area contributed by atoms with E-state index in [0.717, 1.165) is 38.5 Å².